The fourth-order valence-corrected chi connectivity index (χ4v) is 7.50. The molecule has 36 heavy (non-hydrogen) atoms. The van der Waals surface area contributed by atoms with E-state index in [-0.39, 0.29) is 10.5 Å². The molecule has 3 saturated carbocycles. The molecule has 11 heteroatoms. The molecule has 3 fully saturated rings. The second-order valence-corrected chi connectivity index (χ2v) is 12.0. The highest BCUT2D eigenvalue weighted by atomic mass is 32.2. The Hall–Kier alpha value is -3.21. The molecule has 0 saturated heterocycles. The molecule has 2 spiro atoms. The minimum absolute atomic E-state index is 0.0358. The maximum atomic E-state index is 12.9. The Bertz CT molecular complexity index is 1450. The molecule has 1 amide bonds. The van der Waals surface area contributed by atoms with Crippen molar-refractivity contribution >= 4 is 15.9 Å². The summed E-state index contributed by atoms with van der Waals surface area (Å²) < 4.78 is 36.5. The first kappa shape index (κ1) is 23.2. The smallest absolute Gasteiger partial charge is 0.267 e. The predicted octanol–water partition coefficient (Wildman–Crippen LogP) is 2.95. The van der Waals surface area contributed by atoms with E-state index in [1.807, 2.05) is 13.0 Å². The largest absolute Gasteiger partial charge is 0.477 e. The SMILES string of the molecule is CCc1nc(-n2ccc(OCCC3C4(CC4)C34CC4)n2)ccc1C(=O)NS(=O)(=O)c1cn(C)nc1C. The number of sulfonamides is 1. The molecule has 0 aliphatic heterocycles. The van der Waals surface area contributed by atoms with E-state index in [0.29, 0.717) is 46.9 Å². The average molecular weight is 511 g/mol. The van der Waals surface area contributed by atoms with E-state index in [2.05, 4.69) is 19.9 Å². The number of pyridine rings is 1. The fraction of sp³-hybridized carbons (Fsp3) is 0.520. The first-order valence-corrected chi connectivity index (χ1v) is 13.9. The number of carbonyl (C=O) groups is 1. The van der Waals surface area contributed by atoms with Gasteiger partial charge in [0, 0.05) is 25.5 Å². The molecule has 190 valence electrons. The van der Waals surface area contributed by atoms with Crippen molar-refractivity contribution in [3.8, 4) is 11.7 Å². The summed E-state index contributed by atoms with van der Waals surface area (Å²) in [7, 11) is -2.44. The zero-order valence-electron chi connectivity index (χ0n) is 20.7. The zero-order chi connectivity index (χ0) is 25.3. The molecule has 3 heterocycles. The second-order valence-electron chi connectivity index (χ2n) is 10.3. The van der Waals surface area contributed by atoms with E-state index < -0.39 is 15.9 Å². The minimum Gasteiger partial charge on any atom is -0.477 e. The summed E-state index contributed by atoms with van der Waals surface area (Å²) in [5.41, 5.74) is 2.34. The molecule has 6 rings (SSSR count). The number of fused-ring (bicyclic) bond motifs is 1. The van der Waals surface area contributed by atoms with Crippen molar-refractivity contribution in [2.75, 3.05) is 6.61 Å². The van der Waals surface area contributed by atoms with E-state index in [0.717, 1.165) is 12.3 Å². The molecular weight excluding hydrogens is 480 g/mol. The van der Waals surface area contributed by atoms with Crippen LogP contribution in [0.1, 0.15) is 60.8 Å². The van der Waals surface area contributed by atoms with Crippen molar-refractivity contribution in [3.63, 3.8) is 0 Å². The van der Waals surface area contributed by atoms with Gasteiger partial charge in [-0.1, -0.05) is 6.92 Å². The highest BCUT2D eigenvalue weighted by Gasteiger charge is 2.85. The first-order valence-electron chi connectivity index (χ1n) is 12.5. The Morgan fingerprint density at radius 2 is 1.89 bits per heavy atom. The Balaban J connectivity index is 1.12. The average Bonchev–Trinajstić information content (AvgIpc) is 3.79. The van der Waals surface area contributed by atoms with Crippen molar-refractivity contribution in [3.05, 3.63) is 47.5 Å². The normalized spacial score (nSPS) is 19.0. The summed E-state index contributed by atoms with van der Waals surface area (Å²) in [6.07, 6.45) is 10.3. The maximum absolute atomic E-state index is 12.9. The van der Waals surface area contributed by atoms with Crippen LogP contribution >= 0.6 is 0 Å². The topological polar surface area (TPSA) is 121 Å². The van der Waals surface area contributed by atoms with Crippen molar-refractivity contribution in [2.24, 2.45) is 23.8 Å². The summed E-state index contributed by atoms with van der Waals surface area (Å²) in [6.45, 7) is 4.11. The third-order valence-electron chi connectivity index (χ3n) is 8.30. The predicted molar refractivity (Wildman–Crippen MR) is 130 cm³/mol. The lowest BCUT2D eigenvalue weighted by atomic mass is 10.1. The number of nitrogens with zero attached hydrogens (tertiary/aromatic N) is 5. The highest BCUT2D eigenvalue weighted by molar-refractivity contribution is 7.90. The van der Waals surface area contributed by atoms with Gasteiger partial charge in [0.1, 0.15) is 4.90 Å². The summed E-state index contributed by atoms with van der Waals surface area (Å²) >= 11 is 0. The van der Waals surface area contributed by atoms with Crippen molar-refractivity contribution in [2.45, 2.75) is 57.3 Å². The molecule has 0 unspecified atom stereocenters. The summed E-state index contributed by atoms with van der Waals surface area (Å²) in [5, 5.41) is 8.53. The van der Waals surface area contributed by atoms with E-state index >= 15 is 0 Å². The van der Waals surface area contributed by atoms with Gasteiger partial charge in [0.15, 0.2) is 5.82 Å². The van der Waals surface area contributed by atoms with Crippen molar-refractivity contribution in [1.82, 2.24) is 29.3 Å². The molecule has 10 nitrogen and oxygen atoms in total. The minimum atomic E-state index is -4.06. The molecule has 0 bridgehead atoms. The number of amides is 1. The Kier molecular flexibility index (Phi) is 5.09. The highest BCUT2D eigenvalue weighted by Crippen LogP contribution is 2.93. The van der Waals surface area contributed by atoms with E-state index in [1.54, 1.807) is 37.0 Å². The first-order chi connectivity index (χ1) is 17.2. The van der Waals surface area contributed by atoms with Crippen LogP contribution in [0, 0.1) is 23.7 Å². The Morgan fingerprint density at radius 3 is 2.50 bits per heavy atom. The zero-order valence-corrected chi connectivity index (χ0v) is 21.5. The van der Waals surface area contributed by atoms with Gasteiger partial charge in [-0.15, -0.1) is 5.10 Å². The Morgan fingerprint density at radius 1 is 1.17 bits per heavy atom. The molecular formula is C25H30N6O4S. The van der Waals surface area contributed by atoms with Crippen LogP contribution in [0.15, 0.2) is 35.5 Å². The monoisotopic (exact) mass is 510 g/mol. The van der Waals surface area contributed by atoms with Crippen LogP contribution in [-0.2, 0) is 23.5 Å². The second kappa shape index (κ2) is 7.89. The Labute approximate surface area is 210 Å². The summed E-state index contributed by atoms with van der Waals surface area (Å²) in [4.78, 5) is 17.4. The molecule has 1 N–H and O–H groups in total. The maximum Gasteiger partial charge on any atom is 0.267 e. The van der Waals surface area contributed by atoms with Crippen LogP contribution in [0.5, 0.6) is 5.88 Å². The van der Waals surface area contributed by atoms with Gasteiger partial charge in [-0.3, -0.25) is 9.48 Å². The number of hydrogen-bond donors (Lipinski definition) is 1. The van der Waals surface area contributed by atoms with E-state index in [4.69, 9.17) is 4.74 Å². The standard InChI is InChI=1S/C25H30N6O4S/c1-4-18-17(23(32)29-36(33,34)19-15-30(3)27-16(19)2)5-6-21(26-18)31-13-7-22(28-31)35-14-8-20-24(9-10-24)25(20)11-12-25/h5-7,13,15,20H,4,8-12,14H2,1-3H3,(H,29,32). The van der Waals surface area contributed by atoms with E-state index in [1.165, 1.54) is 36.6 Å². The number of aromatic nitrogens is 5. The van der Waals surface area contributed by atoms with Gasteiger partial charge >= 0.3 is 0 Å². The van der Waals surface area contributed by atoms with Crippen molar-refractivity contribution < 1.29 is 17.9 Å². The molecule has 3 aliphatic rings. The van der Waals surface area contributed by atoms with Gasteiger partial charge in [-0.05, 0) is 74.3 Å². The number of rotatable bonds is 9. The van der Waals surface area contributed by atoms with Crippen LogP contribution in [-0.4, -0.2) is 45.5 Å². The van der Waals surface area contributed by atoms with Gasteiger partial charge in [0.2, 0.25) is 5.88 Å². The number of ether oxygens (including phenoxy) is 1. The third kappa shape index (κ3) is 3.63. The molecule has 0 atom stereocenters. The van der Waals surface area contributed by atoms with Gasteiger partial charge in [-0.25, -0.2) is 22.8 Å². The quantitative estimate of drug-likeness (QED) is 0.470. The lowest BCUT2D eigenvalue weighted by Crippen LogP contribution is -2.31. The lowest BCUT2D eigenvalue weighted by Gasteiger charge is -2.10. The molecule has 3 aromatic heterocycles. The van der Waals surface area contributed by atoms with Crippen LogP contribution in [0.2, 0.25) is 0 Å². The fourth-order valence-electron chi connectivity index (χ4n) is 6.32. The van der Waals surface area contributed by atoms with E-state index in [9.17, 15) is 13.2 Å². The number of carbonyl (C=O) groups excluding carboxylic acids is 1. The number of hydrogen-bond acceptors (Lipinski definition) is 7. The van der Waals surface area contributed by atoms with Crippen molar-refractivity contribution in [1.29, 1.82) is 0 Å². The number of aryl methyl sites for hydroxylation is 3. The molecule has 0 aromatic carbocycles. The van der Waals surface area contributed by atoms with Crippen LogP contribution in [0.3, 0.4) is 0 Å². The van der Waals surface area contributed by atoms with Crippen LogP contribution < -0.4 is 9.46 Å². The molecule has 0 radical (unpaired) electrons. The number of nitrogens with one attached hydrogen (secondary N) is 1. The summed E-state index contributed by atoms with van der Waals surface area (Å²) in [5.74, 6) is 1.18. The van der Waals surface area contributed by atoms with Crippen LogP contribution in [0.4, 0.5) is 0 Å². The third-order valence-corrected chi connectivity index (χ3v) is 9.73. The van der Waals surface area contributed by atoms with Gasteiger partial charge in [0.25, 0.3) is 15.9 Å². The van der Waals surface area contributed by atoms with Gasteiger partial charge in [0.05, 0.1) is 23.6 Å². The molecule has 3 aromatic rings. The molecule has 3 aliphatic carbocycles. The van der Waals surface area contributed by atoms with Gasteiger partial charge in [-0.2, -0.15) is 5.10 Å². The summed E-state index contributed by atoms with van der Waals surface area (Å²) in [6, 6.07) is 5.02. The van der Waals surface area contributed by atoms with Gasteiger partial charge < -0.3 is 4.74 Å². The lowest BCUT2D eigenvalue weighted by molar-refractivity contribution is 0.0980. The van der Waals surface area contributed by atoms with Crippen LogP contribution in [0.25, 0.3) is 5.82 Å².